The van der Waals surface area contributed by atoms with Crippen LogP contribution >= 0.6 is 0 Å². The minimum atomic E-state index is -1.84. The predicted octanol–water partition coefficient (Wildman–Crippen LogP) is 3.93. The number of hydrogen-bond donors (Lipinski definition) is 3. The number of halogens is 3. The molecule has 3 atom stereocenters. The van der Waals surface area contributed by atoms with Crippen molar-refractivity contribution in [3.05, 3.63) is 66.1 Å². The molecule has 3 aromatic heterocycles. The molecular formula is C28H30F3N7O2. The number of piperidine rings is 1. The van der Waals surface area contributed by atoms with E-state index in [2.05, 4.69) is 25.3 Å². The van der Waals surface area contributed by atoms with Crippen LogP contribution in [0.1, 0.15) is 25.3 Å². The summed E-state index contributed by atoms with van der Waals surface area (Å²) in [5.74, 6) is -1.52. The number of nitrogens with zero attached hydrogens (tertiary/aromatic N) is 5. The molecule has 0 saturated carbocycles. The van der Waals surface area contributed by atoms with E-state index < -0.39 is 29.4 Å². The van der Waals surface area contributed by atoms with Crippen molar-refractivity contribution in [1.29, 1.82) is 0 Å². The zero-order chi connectivity index (χ0) is 28.0. The first kappa shape index (κ1) is 26.5. The number of aliphatic hydroxyl groups excluding tert-OH is 1. The van der Waals surface area contributed by atoms with Gasteiger partial charge in [-0.2, -0.15) is 9.61 Å². The number of ether oxygens (including phenoxy) is 1. The van der Waals surface area contributed by atoms with Gasteiger partial charge in [0.2, 0.25) is 5.95 Å². The van der Waals surface area contributed by atoms with Crippen molar-refractivity contribution in [3.8, 4) is 11.3 Å². The lowest BCUT2D eigenvalue weighted by atomic mass is 9.87. The van der Waals surface area contributed by atoms with Crippen LogP contribution in [0.2, 0.25) is 0 Å². The lowest BCUT2D eigenvalue weighted by Gasteiger charge is -2.40. The third-order valence-corrected chi connectivity index (χ3v) is 7.83. The third kappa shape index (κ3) is 4.76. The van der Waals surface area contributed by atoms with Crippen LogP contribution in [-0.2, 0) is 10.4 Å². The zero-order valence-corrected chi connectivity index (χ0v) is 21.9. The Bertz CT molecular complexity index is 1510. The molecule has 6 rings (SSSR count). The molecule has 2 aliphatic rings. The molecule has 4 N–H and O–H groups in total. The summed E-state index contributed by atoms with van der Waals surface area (Å²) in [6.45, 7) is 3.39. The van der Waals surface area contributed by atoms with Crippen LogP contribution in [-0.4, -0.2) is 63.1 Å². The largest absolute Gasteiger partial charge is 0.391 e. The maximum Gasteiger partial charge on any atom is 0.229 e. The second kappa shape index (κ2) is 10.3. The highest BCUT2D eigenvalue weighted by Crippen LogP contribution is 2.39. The van der Waals surface area contributed by atoms with E-state index in [9.17, 15) is 5.11 Å². The third-order valence-electron chi connectivity index (χ3n) is 7.83. The molecule has 210 valence electrons. The van der Waals surface area contributed by atoms with Crippen LogP contribution in [0.4, 0.5) is 30.5 Å². The molecular weight excluding hydrogens is 523 g/mol. The summed E-state index contributed by atoms with van der Waals surface area (Å²) in [5.41, 5.74) is 6.02. The summed E-state index contributed by atoms with van der Waals surface area (Å²) in [6, 6.07) is 6.68. The van der Waals surface area contributed by atoms with Crippen LogP contribution in [0.3, 0.4) is 0 Å². The Hall–Kier alpha value is -3.74. The van der Waals surface area contributed by atoms with Crippen molar-refractivity contribution >= 4 is 22.8 Å². The van der Waals surface area contributed by atoms with Gasteiger partial charge in [0.25, 0.3) is 0 Å². The molecule has 2 saturated heterocycles. The van der Waals surface area contributed by atoms with Gasteiger partial charge in [-0.3, -0.25) is 4.98 Å². The smallest absolute Gasteiger partial charge is 0.229 e. The summed E-state index contributed by atoms with van der Waals surface area (Å²) in [5, 5.41) is 18.0. The molecule has 5 heterocycles. The van der Waals surface area contributed by atoms with Gasteiger partial charge in [0.15, 0.2) is 0 Å². The van der Waals surface area contributed by atoms with Crippen LogP contribution < -0.4 is 16.0 Å². The van der Waals surface area contributed by atoms with E-state index in [1.165, 1.54) is 10.6 Å². The quantitative estimate of drug-likeness (QED) is 0.341. The van der Waals surface area contributed by atoms with E-state index in [-0.39, 0.29) is 48.8 Å². The van der Waals surface area contributed by atoms with Gasteiger partial charge >= 0.3 is 0 Å². The molecule has 2 aliphatic heterocycles. The number of nitrogens with two attached hydrogens (primary N) is 1. The van der Waals surface area contributed by atoms with E-state index in [1.807, 2.05) is 13.0 Å². The lowest BCUT2D eigenvalue weighted by Crippen LogP contribution is -2.55. The number of aromatic nitrogens is 4. The average Bonchev–Trinajstić information content (AvgIpc) is 3.33. The first-order valence-corrected chi connectivity index (χ1v) is 13.2. The van der Waals surface area contributed by atoms with Crippen LogP contribution in [0.15, 0.2) is 48.9 Å². The van der Waals surface area contributed by atoms with Gasteiger partial charge in [0.05, 0.1) is 46.6 Å². The van der Waals surface area contributed by atoms with Crippen molar-refractivity contribution in [2.75, 3.05) is 36.5 Å². The molecule has 0 spiro atoms. The van der Waals surface area contributed by atoms with Gasteiger partial charge < -0.3 is 25.8 Å². The number of imidazole rings is 1. The standard InChI is InChI=1S/C28H30F3N7O2/c1-16-14-37(15-21(32)26(16)39)24-4-7-33-13-23(24)35-27-34-12-18-2-3-22(36-38(18)27)25-19(29)10-17(11-20(25)30)28(31)5-8-40-9-6-28/h2-4,7,10-13,16,21,26,39H,5-6,8-9,14-15,32H2,1H3,(H,34,35). The Morgan fingerprint density at radius 2 is 1.85 bits per heavy atom. The summed E-state index contributed by atoms with van der Waals surface area (Å²) in [4.78, 5) is 10.7. The van der Waals surface area contributed by atoms with Crippen molar-refractivity contribution in [3.63, 3.8) is 0 Å². The summed E-state index contributed by atoms with van der Waals surface area (Å²) < 4.78 is 52.6. The molecule has 0 bridgehead atoms. The number of hydrogen-bond acceptors (Lipinski definition) is 8. The molecule has 0 aliphatic carbocycles. The molecule has 4 aromatic rings. The summed E-state index contributed by atoms with van der Waals surface area (Å²) in [7, 11) is 0. The Kier molecular flexibility index (Phi) is 6.85. The fourth-order valence-electron chi connectivity index (χ4n) is 5.55. The lowest BCUT2D eigenvalue weighted by molar-refractivity contribution is -0.0117. The molecule has 0 amide bonds. The predicted molar refractivity (Wildman–Crippen MR) is 144 cm³/mol. The molecule has 9 nitrogen and oxygen atoms in total. The topological polar surface area (TPSA) is 114 Å². The maximum atomic E-state index is 15.4. The number of rotatable bonds is 5. The van der Waals surface area contributed by atoms with E-state index in [1.54, 1.807) is 24.7 Å². The first-order valence-electron chi connectivity index (χ1n) is 13.2. The first-order chi connectivity index (χ1) is 19.2. The summed E-state index contributed by atoms with van der Waals surface area (Å²) >= 11 is 0. The fourth-order valence-corrected chi connectivity index (χ4v) is 5.55. The van der Waals surface area contributed by atoms with Gasteiger partial charge in [-0.25, -0.2) is 18.2 Å². The summed E-state index contributed by atoms with van der Waals surface area (Å²) in [6.07, 6.45) is 4.38. The highest BCUT2D eigenvalue weighted by Gasteiger charge is 2.36. The maximum absolute atomic E-state index is 15.4. The van der Waals surface area contributed by atoms with Crippen LogP contribution in [0.25, 0.3) is 16.8 Å². The minimum Gasteiger partial charge on any atom is -0.391 e. The average molecular weight is 554 g/mol. The van der Waals surface area contributed by atoms with Gasteiger partial charge in [-0.15, -0.1) is 0 Å². The van der Waals surface area contributed by atoms with Crippen LogP contribution in [0, 0.1) is 17.6 Å². The number of anilines is 3. The Morgan fingerprint density at radius 3 is 2.58 bits per heavy atom. The Labute approximate surface area is 228 Å². The highest BCUT2D eigenvalue weighted by atomic mass is 19.1. The molecule has 3 unspecified atom stereocenters. The van der Waals surface area contributed by atoms with E-state index in [0.29, 0.717) is 30.2 Å². The number of benzene rings is 1. The van der Waals surface area contributed by atoms with Crippen molar-refractivity contribution in [2.24, 2.45) is 11.7 Å². The second-order valence-corrected chi connectivity index (χ2v) is 10.6. The van der Waals surface area contributed by atoms with Gasteiger partial charge in [0.1, 0.15) is 17.3 Å². The Balaban J connectivity index is 1.33. The van der Waals surface area contributed by atoms with Crippen molar-refractivity contribution in [2.45, 2.75) is 37.6 Å². The van der Waals surface area contributed by atoms with Gasteiger partial charge in [-0.1, -0.05) is 6.92 Å². The monoisotopic (exact) mass is 553 g/mol. The van der Waals surface area contributed by atoms with E-state index in [0.717, 1.165) is 17.8 Å². The van der Waals surface area contributed by atoms with E-state index in [4.69, 9.17) is 10.5 Å². The number of fused-ring (bicyclic) bond motifs is 1. The normalized spacial score (nSPS) is 22.9. The van der Waals surface area contributed by atoms with Gasteiger partial charge in [0, 0.05) is 57.3 Å². The zero-order valence-electron chi connectivity index (χ0n) is 21.9. The molecule has 0 radical (unpaired) electrons. The SMILES string of the molecule is CC1CN(c2ccncc2Nc2ncc3ccc(-c4c(F)cc(C5(F)CCOCC5)cc4F)nn23)CC(N)C1O. The molecule has 12 heteroatoms. The van der Waals surface area contributed by atoms with Crippen molar-refractivity contribution in [1.82, 2.24) is 19.6 Å². The number of aliphatic hydroxyl groups is 1. The molecule has 1 aromatic carbocycles. The fraction of sp³-hybridized carbons (Fsp3) is 0.393. The molecule has 2 fully saturated rings. The van der Waals surface area contributed by atoms with E-state index >= 15 is 13.2 Å². The number of nitrogens with one attached hydrogen (secondary N) is 1. The highest BCUT2D eigenvalue weighted by molar-refractivity contribution is 5.74. The second-order valence-electron chi connectivity index (χ2n) is 10.6. The number of pyridine rings is 1. The van der Waals surface area contributed by atoms with Gasteiger partial charge in [-0.05, 0) is 35.9 Å². The minimum absolute atomic E-state index is 0.0313. The Morgan fingerprint density at radius 1 is 1.10 bits per heavy atom. The van der Waals surface area contributed by atoms with Crippen LogP contribution in [0.5, 0.6) is 0 Å². The molecule has 40 heavy (non-hydrogen) atoms. The van der Waals surface area contributed by atoms with Crippen molar-refractivity contribution < 1.29 is 23.0 Å². The number of alkyl halides is 1.